The Hall–Kier alpha value is -0.990. The van der Waals surface area contributed by atoms with Gasteiger partial charge in [0.05, 0.1) is 5.70 Å². The number of nitrogens with one attached hydrogen (secondary N) is 1. The summed E-state index contributed by atoms with van der Waals surface area (Å²) in [6.07, 6.45) is 0. The van der Waals surface area contributed by atoms with Crippen LogP contribution in [0.1, 0.15) is 13.8 Å². The van der Waals surface area contributed by atoms with Crippen LogP contribution in [-0.4, -0.2) is 5.84 Å². The molecule has 0 aliphatic heterocycles. The molecule has 0 saturated heterocycles. The Morgan fingerprint density at radius 2 is 1.62 bits per heavy atom. The van der Waals surface area contributed by atoms with Crippen LogP contribution in [0.5, 0.6) is 0 Å². The topological polar surface area (TPSA) is 75.9 Å². The third-order valence-electron chi connectivity index (χ3n) is 0.829. The van der Waals surface area contributed by atoms with Crippen LogP contribution in [-0.2, 0) is 0 Å². The molecule has 0 aromatic carbocycles. The van der Waals surface area contributed by atoms with Gasteiger partial charge in [-0.2, -0.15) is 0 Å². The summed E-state index contributed by atoms with van der Waals surface area (Å²) in [6, 6.07) is 0. The third-order valence-corrected chi connectivity index (χ3v) is 0.829. The van der Waals surface area contributed by atoms with Crippen LogP contribution in [0.2, 0.25) is 0 Å². The molecule has 8 heavy (non-hydrogen) atoms. The van der Waals surface area contributed by atoms with Crippen molar-refractivity contribution in [3.05, 3.63) is 11.3 Å². The molecule has 0 atom stereocenters. The fourth-order valence-electron chi connectivity index (χ4n) is 0.269. The van der Waals surface area contributed by atoms with Gasteiger partial charge in [0.25, 0.3) is 0 Å². The van der Waals surface area contributed by atoms with E-state index in [-0.39, 0.29) is 5.84 Å². The van der Waals surface area contributed by atoms with Crippen molar-refractivity contribution in [2.24, 2.45) is 11.5 Å². The highest BCUT2D eigenvalue weighted by Crippen LogP contribution is 1.92. The molecule has 0 unspecified atom stereocenters. The molecule has 0 aromatic heterocycles. The van der Waals surface area contributed by atoms with E-state index in [1.54, 1.807) is 0 Å². The van der Waals surface area contributed by atoms with E-state index in [9.17, 15) is 0 Å². The van der Waals surface area contributed by atoms with Gasteiger partial charge >= 0.3 is 0 Å². The van der Waals surface area contributed by atoms with E-state index in [1.165, 1.54) is 0 Å². The summed E-state index contributed by atoms with van der Waals surface area (Å²) in [5, 5.41) is 6.83. The minimum absolute atomic E-state index is 0.0509. The summed E-state index contributed by atoms with van der Waals surface area (Å²) in [5.41, 5.74) is 11.6. The van der Waals surface area contributed by atoms with Gasteiger partial charge < -0.3 is 11.5 Å². The Balaban J connectivity index is 4.23. The zero-order chi connectivity index (χ0) is 6.73. The highest BCUT2D eigenvalue weighted by Gasteiger charge is 1.92. The first-order chi connectivity index (χ1) is 3.55. The molecule has 0 saturated carbocycles. The molecule has 0 spiro atoms. The van der Waals surface area contributed by atoms with E-state index >= 15 is 0 Å². The van der Waals surface area contributed by atoms with Gasteiger partial charge in [-0.15, -0.1) is 0 Å². The standard InChI is InChI=1S/C5H11N3/c1-3(2)4(6)5(7)8/h6H2,1-2H3,(H3,7,8). The number of allylic oxidation sites excluding steroid dienone is 1. The highest BCUT2D eigenvalue weighted by molar-refractivity contribution is 5.93. The first-order valence-electron chi connectivity index (χ1n) is 2.33. The molecule has 0 aromatic rings. The van der Waals surface area contributed by atoms with Crippen molar-refractivity contribution in [3.63, 3.8) is 0 Å². The quantitative estimate of drug-likeness (QED) is 0.335. The Labute approximate surface area is 48.9 Å². The lowest BCUT2D eigenvalue weighted by Gasteiger charge is -1.97. The summed E-state index contributed by atoms with van der Waals surface area (Å²) in [4.78, 5) is 0. The molecule has 0 radical (unpaired) electrons. The van der Waals surface area contributed by atoms with Crippen LogP contribution in [0.25, 0.3) is 0 Å². The highest BCUT2D eigenvalue weighted by atomic mass is 14.8. The summed E-state index contributed by atoms with van der Waals surface area (Å²) in [6.45, 7) is 3.63. The van der Waals surface area contributed by atoms with Crippen LogP contribution in [0.15, 0.2) is 11.3 Å². The Morgan fingerprint density at radius 1 is 1.25 bits per heavy atom. The minimum atomic E-state index is -0.0509. The molecule has 0 bridgehead atoms. The van der Waals surface area contributed by atoms with Crippen molar-refractivity contribution in [1.82, 2.24) is 0 Å². The lowest BCUT2D eigenvalue weighted by Crippen LogP contribution is -2.20. The molecular weight excluding hydrogens is 102 g/mol. The average Bonchev–Trinajstić information content (AvgIpc) is 1.64. The fraction of sp³-hybridized carbons (Fsp3) is 0.400. The second-order valence-corrected chi connectivity index (χ2v) is 1.83. The second-order valence-electron chi connectivity index (χ2n) is 1.83. The molecule has 0 fully saturated rings. The minimum Gasteiger partial charge on any atom is -0.396 e. The maximum absolute atomic E-state index is 6.83. The van der Waals surface area contributed by atoms with E-state index in [0.29, 0.717) is 5.70 Å². The van der Waals surface area contributed by atoms with Crippen molar-refractivity contribution in [3.8, 4) is 0 Å². The molecule has 0 aliphatic carbocycles. The second kappa shape index (κ2) is 2.35. The van der Waals surface area contributed by atoms with Gasteiger partial charge in [0.2, 0.25) is 0 Å². The lowest BCUT2D eigenvalue weighted by atomic mass is 10.2. The average molecular weight is 113 g/mol. The number of amidine groups is 1. The largest absolute Gasteiger partial charge is 0.396 e. The zero-order valence-corrected chi connectivity index (χ0v) is 5.15. The maximum Gasteiger partial charge on any atom is 0.138 e. The van der Waals surface area contributed by atoms with Gasteiger partial charge in [0.15, 0.2) is 0 Å². The van der Waals surface area contributed by atoms with E-state index in [0.717, 1.165) is 5.57 Å². The molecule has 0 amide bonds. The van der Waals surface area contributed by atoms with Crippen LogP contribution in [0.4, 0.5) is 0 Å². The molecule has 0 rings (SSSR count). The SMILES string of the molecule is CC(C)=C(N)C(=N)N. The Morgan fingerprint density at radius 3 is 1.62 bits per heavy atom. The first kappa shape index (κ1) is 7.01. The third kappa shape index (κ3) is 1.64. The molecule has 46 valence electrons. The zero-order valence-electron chi connectivity index (χ0n) is 5.15. The van der Waals surface area contributed by atoms with Crippen molar-refractivity contribution < 1.29 is 0 Å². The summed E-state index contributed by atoms with van der Waals surface area (Å²) >= 11 is 0. The van der Waals surface area contributed by atoms with Gasteiger partial charge in [0.1, 0.15) is 5.84 Å². The predicted molar refractivity (Wildman–Crippen MR) is 34.5 cm³/mol. The molecule has 0 aliphatic rings. The summed E-state index contributed by atoms with van der Waals surface area (Å²) in [5.74, 6) is -0.0509. The predicted octanol–water partition coefficient (Wildman–Crippen LogP) is 0.175. The Bertz CT molecular complexity index is 131. The lowest BCUT2D eigenvalue weighted by molar-refractivity contribution is 1.24. The smallest absolute Gasteiger partial charge is 0.138 e. The van der Waals surface area contributed by atoms with Crippen LogP contribution in [0, 0.1) is 5.41 Å². The van der Waals surface area contributed by atoms with E-state index in [1.807, 2.05) is 13.8 Å². The fourth-order valence-corrected chi connectivity index (χ4v) is 0.269. The molecule has 3 heteroatoms. The van der Waals surface area contributed by atoms with Gasteiger partial charge in [0, 0.05) is 0 Å². The number of rotatable bonds is 1. The monoisotopic (exact) mass is 113 g/mol. The maximum atomic E-state index is 6.83. The normalized spacial score (nSPS) is 8.25. The first-order valence-corrected chi connectivity index (χ1v) is 2.33. The van der Waals surface area contributed by atoms with Crippen LogP contribution < -0.4 is 11.5 Å². The molecular formula is C5H11N3. The van der Waals surface area contributed by atoms with Crippen molar-refractivity contribution >= 4 is 5.84 Å². The summed E-state index contributed by atoms with van der Waals surface area (Å²) < 4.78 is 0. The molecule has 0 heterocycles. The van der Waals surface area contributed by atoms with Crippen molar-refractivity contribution in [1.29, 1.82) is 5.41 Å². The van der Waals surface area contributed by atoms with Gasteiger partial charge in [-0.1, -0.05) is 0 Å². The van der Waals surface area contributed by atoms with Gasteiger partial charge in [-0.05, 0) is 19.4 Å². The van der Waals surface area contributed by atoms with Gasteiger partial charge in [-0.3, -0.25) is 5.41 Å². The van der Waals surface area contributed by atoms with E-state index in [4.69, 9.17) is 16.9 Å². The van der Waals surface area contributed by atoms with Gasteiger partial charge in [-0.25, -0.2) is 0 Å². The van der Waals surface area contributed by atoms with E-state index in [2.05, 4.69) is 0 Å². The number of hydrogen-bond acceptors (Lipinski definition) is 2. The van der Waals surface area contributed by atoms with Crippen LogP contribution in [0.3, 0.4) is 0 Å². The van der Waals surface area contributed by atoms with E-state index < -0.39 is 0 Å². The van der Waals surface area contributed by atoms with Crippen molar-refractivity contribution in [2.45, 2.75) is 13.8 Å². The summed E-state index contributed by atoms with van der Waals surface area (Å²) in [7, 11) is 0. The van der Waals surface area contributed by atoms with Crippen molar-refractivity contribution in [2.75, 3.05) is 0 Å². The molecule has 5 N–H and O–H groups in total. The number of nitrogens with two attached hydrogens (primary N) is 2. The number of hydrogen-bond donors (Lipinski definition) is 3. The molecule has 3 nitrogen and oxygen atoms in total. The Kier molecular flexibility index (Phi) is 2.06. The van der Waals surface area contributed by atoms with Crippen LogP contribution >= 0.6 is 0 Å².